The highest BCUT2D eigenvalue weighted by Crippen LogP contribution is 2.34. The largest absolute Gasteiger partial charge is 0.368 e. The van der Waals surface area contributed by atoms with Crippen LogP contribution in [-0.4, -0.2) is 43.6 Å². The van der Waals surface area contributed by atoms with Crippen molar-refractivity contribution < 1.29 is 4.79 Å². The first-order valence-electron chi connectivity index (χ1n) is 9.64. The van der Waals surface area contributed by atoms with Crippen LogP contribution in [0.3, 0.4) is 0 Å². The molecule has 1 amide bonds. The molecule has 4 rings (SSSR count). The van der Waals surface area contributed by atoms with Crippen LogP contribution in [0.15, 0.2) is 47.4 Å². The molecule has 8 nitrogen and oxygen atoms in total. The van der Waals surface area contributed by atoms with E-state index in [2.05, 4.69) is 15.1 Å². The highest BCUT2D eigenvalue weighted by atomic mass is 35.5. The Labute approximate surface area is 178 Å². The zero-order chi connectivity index (χ0) is 21.3. The average Bonchev–Trinajstić information content (AvgIpc) is 2.76. The maximum Gasteiger partial charge on any atom is 0.274 e. The van der Waals surface area contributed by atoms with Gasteiger partial charge in [-0.3, -0.25) is 9.59 Å². The fraction of sp³-hybridized carbons (Fsp3) is 0.286. The lowest BCUT2D eigenvalue weighted by Gasteiger charge is -2.33. The van der Waals surface area contributed by atoms with Gasteiger partial charge < -0.3 is 10.6 Å². The molecule has 0 unspecified atom stereocenters. The van der Waals surface area contributed by atoms with Gasteiger partial charge in [0.05, 0.1) is 5.69 Å². The number of aromatic nitrogens is 4. The molecule has 3 heterocycles. The van der Waals surface area contributed by atoms with Gasteiger partial charge >= 0.3 is 0 Å². The van der Waals surface area contributed by atoms with Gasteiger partial charge in [-0.15, -0.1) is 0 Å². The van der Waals surface area contributed by atoms with E-state index in [-0.39, 0.29) is 29.0 Å². The van der Waals surface area contributed by atoms with E-state index in [0.29, 0.717) is 18.1 Å². The minimum absolute atomic E-state index is 0.00575. The van der Waals surface area contributed by atoms with Crippen molar-refractivity contribution in [2.75, 3.05) is 18.8 Å². The molecule has 1 aliphatic heterocycles. The molecular formula is C21H21ClN6O2. The summed E-state index contributed by atoms with van der Waals surface area (Å²) in [5, 5.41) is 4.74. The van der Waals surface area contributed by atoms with Gasteiger partial charge in [0, 0.05) is 48.9 Å². The Bertz CT molecular complexity index is 1140. The lowest BCUT2D eigenvalue weighted by atomic mass is 9.90. The molecule has 3 aromatic rings. The van der Waals surface area contributed by atoms with Crippen LogP contribution in [0.4, 0.5) is 5.95 Å². The Morgan fingerprint density at radius 2 is 1.97 bits per heavy atom. The van der Waals surface area contributed by atoms with Crippen molar-refractivity contribution in [2.24, 2.45) is 7.05 Å². The highest BCUT2D eigenvalue weighted by molar-refractivity contribution is 6.30. The minimum Gasteiger partial charge on any atom is -0.368 e. The van der Waals surface area contributed by atoms with Crippen molar-refractivity contribution >= 4 is 23.5 Å². The maximum absolute atomic E-state index is 13.0. The predicted octanol–water partition coefficient (Wildman–Crippen LogP) is 2.49. The molecule has 0 spiro atoms. The van der Waals surface area contributed by atoms with Crippen molar-refractivity contribution in [3.8, 4) is 11.1 Å². The quantitative estimate of drug-likeness (QED) is 0.692. The molecule has 0 saturated carbocycles. The van der Waals surface area contributed by atoms with Gasteiger partial charge in [0.15, 0.2) is 0 Å². The van der Waals surface area contributed by atoms with E-state index in [1.165, 1.54) is 23.9 Å². The molecule has 1 atom stereocenters. The first-order valence-corrected chi connectivity index (χ1v) is 10.0. The third-order valence-electron chi connectivity index (χ3n) is 5.27. The molecule has 9 heteroatoms. The van der Waals surface area contributed by atoms with Crippen LogP contribution in [0.25, 0.3) is 11.1 Å². The molecule has 0 aliphatic carbocycles. The number of hydrogen-bond acceptors (Lipinski definition) is 6. The summed E-state index contributed by atoms with van der Waals surface area (Å²) >= 11 is 6.02. The summed E-state index contributed by atoms with van der Waals surface area (Å²) in [6, 6.07) is 10.3. The number of nitrogens with zero attached hydrogens (tertiary/aromatic N) is 5. The van der Waals surface area contributed by atoms with Gasteiger partial charge in [0.25, 0.3) is 11.5 Å². The van der Waals surface area contributed by atoms with Crippen LogP contribution < -0.4 is 11.3 Å². The summed E-state index contributed by atoms with van der Waals surface area (Å²) < 4.78 is 1.17. The van der Waals surface area contributed by atoms with Gasteiger partial charge in [0.1, 0.15) is 5.69 Å². The van der Waals surface area contributed by atoms with E-state index in [0.717, 1.165) is 29.7 Å². The zero-order valence-corrected chi connectivity index (χ0v) is 17.2. The fourth-order valence-electron chi connectivity index (χ4n) is 3.74. The molecular weight excluding hydrogens is 404 g/mol. The summed E-state index contributed by atoms with van der Waals surface area (Å²) in [5.41, 5.74) is 8.51. The van der Waals surface area contributed by atoms with Gasteiger partial charge in [-0.2, -0.15) is 5.10 Å². The summed E-state index contributed by atoms with van der Waals surface area (Å²) in [4.78, 5) is 35.0. The first kappa shape index (κ1) is 20.0. The fourth-order valence-corrected chi connectivity index (χ4v) is 3.86. The SMILES string of the molecule is Cn1nc(C(=O)N2CCC[C@@H](c3nc(N)ncc3-c3ccc(Cl)cc3)C2)ccc1=O. The molecule has 2 aromatic heterocycles. The molecule has 1 aromatic carbocycles. The number of likely N-dealkylation sites (tertiary alicyclic amines) is 1. The number of anilines is 1. The Balaban J connectivity index is 1.64. The number of aryl methyl sites for hydroxylation is 1. The molecule has 2 N–H and O–H groups in total. The smallest absolute Gasteiger partial charge is 0.274 e. The van der Waals surface area contributed by atoms with Gasteiger partial charge in [-0.05, 0) is 36.6 Å². The van der Waals surface area contributed by atoms with Crippen molar-refractivity contribution in [3.05, 3.63) is 69.4 Å². The van der Waals surface area contributed by atoms with Crippen molar-refractivity contribution in [1.82, 2.24) is 24.6 Å². The number of nitrogen functional groups attached to an aromatic ring is 1. The standard InChI is InChI=1S/C21H21ClN6O2/c1-27-18(29)9-8-17(26-27)20(30)28-10-2-3-14(12-28)19-16(11-24-21(23)25-19)13-4-6-15(22)7-5-13/h4-9,11,14H,2-3,10,12H2,1H3,(H2,23,24,25)/t14-/m1/s1. The summed E-state index contributed by atoms with van der Waals surface area (Å²) in [6.45, 7) is 1.11. The first-order chi connectivity index (χ1) is 14.4. The molecule has 0 radical (unpaired) electrons. The summed E-state index contributed by atoms with van der Waals surface area (Å²) in [6.07, 6.45) is 3.42. The third kappa shape index (κ3) is 4.04. The Hall–Kier alpha value is -3.26. The molecule has 0 bridgehead atoms. The number of piperidine rings is 1. The number of benzene rings is 1. The lowest BCUT2D eigenvalue weighted by Crippen LogP contribution is -2.40. The number of nitrogens with two attached hydrogens (primary N) is 1. The van der Waals surface area contributed by atoms with Crippen molar-refractivity contribution in [1.29, 1.82) is 0 Å². The Kier molecular flexibility index (Phi) is 5.50. The van der Waals surface area contributed by atoms with Gasteiger partial charge in [-0.1, -0.05) is 23.7 Å². The normalized spacial score (nSPS) is 16.5. The second kappa shape index (κ2) is 8.23. The van der Waals surface area contributed by atoms with Gasteiger partial charge in [-0.25, -0.2) is 14.6 Å². The van der Waals surface area contributed by atoms with E-state index in [1.807, 2.05) is 24.3 Å². The van der Waals surface area contributed by atoms with Crippen LogP contribution in [0.2, 0.25) is 5.02 Å². The van der Waals surface area contributed by atoms with Crippen LogP contribution in [-0.2, 0) is 7.05 Å². The summed E-state index contributed by atoms with van der Waals surface area (Å²) in [7, 11) is 1.53. The second-order valence-electron chi connectivity index (χ2n) is 7.30. The van der Waals surface area contributed by atoms with E-state index in [1.54, 1.807) is 11.1 Å². The van der Waals surface area contributed by atoms with E-state index >= 15 is 0 Å². The van der Waals surface area contributed by atoms with Crippen molar-refractivity contribution in [3.63, 3.8) is 0 Å². The third-order valence-corrected chi connectivity index (χ3v) is 5.52. The number of amides is 1. The van der Waals surface area contributed by atoms with Crippen LogP contribution in [0, 0.1) is 0 Å². The maximum atomic E-state index is 13.0. The predicted molar refractivity (Wildman–Crippen MR) is 114 cm³/mol. The van der Waals surface area contributed by atoms with Gasteiger partial charge in [0.2, 0.25) is 5.95 Å². The average molecular weight is 425 g/mol. The topological polar surface area (TPSA) is 107 Å². The zero-order valence-electron chi connectivity index (χ0n) is 16.5. The monoisotopic (exact) mass is 424 g/mol. The Morgan fingerprint density at radius 1 is 1.20 bits per heavy atom. The van der Waals surface area contributed by atoms with E-state index < -0.39 is 0 Å². The van der Waals surface area contributed by atoms with Crippen LogP contribution in [0.5, 0.6) is 0 Å². The molecule has 1 saturated heterocycles. The number of halogens is 1. The lowest BCUT2D eigenvalue weighted by molar-refractivity contribution is 0.0697. The van der Waals surface area contributed by atoms with Crippen molar-refractivity contribution in [2.45, 2.75) is 18.8 Å². The minimum atomic E-state index is -0.257. The highest BCUT2D eigenvalue weighted by Gasteiger charge is 2.29. The Morgan fingerprint density at radius 3 is 2.70 bits per heavy atom. The number of carbonyl (C=O) groups excluding carboxylic acids is 1. The van der Waals surface area contributed by atoms with E-state index in [4.69, 9.17) is 17.3 Å². The number of hydrogen-bond donors (Lipinski definition) is 1. The number of carbonyl (C=O) groups is 1. The molecule has 154 valence electrons. The molecule has 1 fully saturated rings. The van der Waals surface area contributed by atoms with Crippen LogP contribution >= 0.6 is 11.6 Å². The molecule has 1 aliphatic rings. The van der Waals surface area contributed by atoms with Crippen LogP contribution in [0.1, 0.15) is 34.9 Å². The molecule has 30 heavy (non-hydrogen) atoms. The number of rotatable bonds is 3. The second-order valence-corrected chi connectivity index (χ2v) is 7.74. The van der Waals surface area contributed by atoms with E-state index in [9.17, 15) is 9.59 Å². The summed E-state index contributed by atoms with van der Waals surface area (Å²) in [5.74, 6) is 0.00229.